The summed E-state index contributed by atoms with van der Waals surface area (Å²) < 4.78 is 5.32. The van der Waals surface area contributed by atoms with Gasteiger partial charge in [0.25, 0.3) is 5.91 Å². The summed E-state index contributed by atoms with van der Waals surface area (Å²) in [6.45, 7) is 0. The Morgan fingerprint density at radius 3 is 2.88 bits per heavy atom. The summed E-state index contributed by atoms with van der Waals surface area (Å²) in [5, 5.41) is 3.71. The first-order valence-electron chi connectivity index (χ1n) is 8.16. The lowest BCUT2D eigenvalue weighted by Crippen LogP contribution is -2.28. The van der Waals surface area contributed by atoms with Crippen molar-refractivity contribution >= 4 is 22.8 Å². The molecule has 0 radical (unpaired) electrons. The number of carbonyl (C=O) groups is 1. The van der Waals surface area contributed by atoms with E-state index < -0.39 is 0 Å². The molecule has 3 N–H and O–H groups in total. The largest absolute Gasteiger partial charge is 0.494 e. The highest BCUT2D eigenvalue weighted by Crippen LogP contribution is 2.31. The lowest BCUT2D eigenvalue weighted by atomic mass is 10.1. The quantitative estimate of drug-likeness (QED) is 0.768. The predicted octanol–water partition coefficient (Wildman–Crippen LogP) is 2.64. The molecule has 0 unspecified atom stereocenters. The number of ether oxygens (including phenoxy) is 1. The molecule has 0 saturated heterocycles. The van der Waals surface area contributed by atoms with Crippen molar-refractivity contribution in [2.45, 2.75) is 18.9 Å². The molecular weight excluding hydrogens is 316 g/mol. The maximum atomic E-state index is 12.9. The maximum Gasteiger partial charge on any atom is 0.271 e. The van der Waals surface area contributed by atoms with Crippen LogP contribution in [0.3, 0.4) is 0 Å². The maximum absolute atomic E-state index is 12.9. The molecule has 3 aromatic rings. The summed E-state index contributed by atoms with van der Waals surface area (Å²) in [6.07, 6.45) is 1.84. The number of para-hydroxylation sites is 1. The Labute approximate surface area is 145 Å². The molecule has 1 aliphatic rings. The van der Waals surface area contributed by atoms with Crippen LogP contribution in [0.15, 0.2) is 42.5 Å². The minimum atomic E-state index is -0.256. The smallest absolute Gasteiger partial charge is 0.271 e. The van der Waals surface area contributed by atoms with Crippen molar-refractivity contribution in [1.82, 2.24) is 15.3 Å². The highest BCUT2D eigenvalue weighted by molar-refractivity contribution is 6.06. The third kappa shape index (κ3) is 2.65. The molecule has 6 nitrogen and oxygen atoms in total. The molecule has 6 heteroatoms. The summed E-state index contributed by atoms with van der Waals surface area (Å²) >= 11 is 0. The zero-order valence-electron chi connectivity index (χ0n) is 13.8. The molecule has 0 saturated carbocycles. The normalized spacial score (nSPS) is 15.8. The Hall–Kier alpha value is -3.15. The molecule has 1 aliphatic carbocycles. The van der Waals surface area contributed by atoms with E-state index in [0.29, 0.717) is 16.7 Å². The van der Waals surface area contributed by atoms with Crippen molar-refractivity contribution in [2.75, 3.05) is 12.8 Å². The number of benzene rings is 2. The third-order valence-corrected chi connectivity index (χ3v) is 4.58. The molecule has 1 aromatic heterocycles. The van der Waals surface area contributed by atoms with E-state index in [1.807, 2.05) is 18.2 Å². The summed E-state index contributed by atoms with van der Waals surface area (Å²) in [5.41, 5.74) is 9.06. The van der Waals surface area contributed by atoms with E-state index in [-0.39, 0.29) is 23.6 Å². The van der Waals surface area contributed by atoms with Crippen LogP contribution in [0.25, 0.3) is 10.9 Å². The second-order valence-electron chi connectivity index (χ2n) is 6.05. The van der Waals surface area contributed by atoms with Gasteiger partial charge in [0.05, 0.1) is 13.2 Å². The molecule has 1 atom stereocenters. The number of nitrogens with zero attached hydrogens (tertiary/aromatic N) is 2. The molecular formula is C19H18N4O2. The number of hydrogen-bond acceptors (Lipinski definition) is 5. The highest BCUT2D eigenvalue weighted by Gasteiger charge is 2.25. The van der Waals surface area contributed by atoms with Gasteiger partial charge in [-0.3, -0.25) is 4.79 Å². The number of carbonyl (C=O) groups excluding carboxylic acids is 1. The lowest BCUT2D eigenvalue weighted by Gasteiger charge is -2.15. The van der Waals surface area contributed by atoms with E-state index >= 15 is 0 Å². The topological polar surface area (TPSA) is 90.1 Å². The Morgan fingerprint density at radius 1 is 1.20 bits per heavy atom. The number of amides is 1. The van der Waals surface area contributed by atoms with Crippen LogP contribution in [0, 0.1) is 0 Å². The zero-order valence-corrected chi connectivity index (χ0v) is 13.8. The van der Waals surface area contributed by atoms with Crippen molar-refractivity contribution in [3.05, 3.63) is 59.3 Å². The molecule has 0 spiro atoms. The first kappa shape index (κ1) is 15.4. The number of hydrogen-bond donors (Lipinski definition) is 2. The van der Waals surface area contributed by atoms with Crippen molar-refractivity contribution in [3.63, 3.8) is 0 Å². The number of nitrogens with one attached hydrogen (secondary N) is 1. The Bertz CT molecular complexity index is 971. The van der Waals surface area contributed by atoms with Crippen LogP contribution in [0.5, 0.6) is 5.75 Å². The average molecular weight is 334 g/mol. The van der Waals surface area contributed by atoms with Crippen molar-refractivity contribution in [1.29, 1.82) is 0 Å². The van der Waals surface area contributed by atoms with E-state index in [9.17, 15) is 4.79 Å². The molecule has 126 valence electrons. The van der Waals surface area contributed by atoms with Gasteiger partial charge in [0.15, 0.2) is 0 Å². The van der Waals surface area contributed by atoms with Crippen molar-refractivity contribution in [3.8, 4) is 5.75 Å². The average Bonchev–Trinajstić information content (AvgIpc) is 3.03. The molecule has 1 heterocycles. The first-order valence-corrected chi connectivity index (χ1v) is 8.16. The molecule has 2 aromatic carbocycles. The van der Waals surface area contributed by atoms with Crippen LogP contribution in [-0.4, -0.2) is 23.0 Å². The SMILES string of the molecule is COc1cccc2c(C(=O)N[C@@H]3CCc4ccccc43)nc(N)nc12. The van der Waals surface area contributed by atoms with Gasteiger partial charge in [-0.2, -0.15) is 0 Å². The number of aromatic nitrogens is 2. The van der Waals surface area contributed by atoms with Gasteiger partial charge in [-0.05, 0) is 30.0 Å². The summed E-state index contributed by atoms with van der Waals surface area (Å²) in [5.74, 6) is 0.356. The van der Waals surface area contributed by atoms with Gasteiger partial charge < -0.3 is 15.8 Å². The van der Waals surface area contributed by atoms with E-state index in [0.717, 1.165) is 12.8 Å². The summed E-state index contributed by atoms with van der Waals surface area (Å²) in [7, 11) is 1.56. The Balaban J connectivity index is 1.72. The zero-order chi connectivity index (χ0) is 17.4. The number of aryl methyl sites for hydroxylation is 1. The second-order valence-corrected chi connectivity index (χ2v) is 6.05. The standard InChI is InChI=1S/C19H18N4O2/c1-25-15-8-4-7-13-16(15)22-19(20)23-17(13)18(24)21-14-10-9-11-5-2-3-6-12(11)14/h2-8,14H,9-10H2,1H3,(H,21,24)(H2,20,22,23)/t14-/m1/s1. The van der Waals surface area contributed by atoms with Crippen LogP contribution < -0.4 is 15.8 Å². The van der Waals surface area contributed by atoms with Gasteiger partial charge in [0.1, 0.15) is 17.0 Å². The number of methoxy groups -OCH3 is 1. The number of nitrogens with two attached hydrogens (primary N) is 1. The van der Waals surface area contributed by atoms with Gasteiger partial charge in [-0.1, -0.05) is 36.4 Å². The molecule has 1 amide bonds. The van der Waals surface area contributed by atoms with Crippen LogP contribution in [-0.2, 0) is 6.42 Å². The summed E-state index contributed by atoms with van der Waals surface area (Å²) in [4.78, 5) is 21.3. The molecule has 0 bridgehead atoms. The van der Waals surface area contributed by atoms with Crippen LogP contribution in [0.1, 0.15) is 34.1 Å². The van der Waals surface area contributed by atoms with Gasteiger partial charge in [0.2, 0.25) is 5.95 Å². The number of anilines is 1. The van der Waals surface area contributed by atoms with Gasteiger partial charge >= 0.3 is 0 Å². The van der Waals surface area contributed by atoms with Gasteiger partial charge in [-0.15, -0.1) is 0 Å². The monoisotopic (exact) mass is 334 g/mol. The predicted molar refractivity (Wildman–Crippen MR) is 95.5 cm³/mol. The fraction of sp³-hybridized carbons (Fsp3) is 0.211. The molecule has 4 rings (SSSR count). The fourth-order valence-corrected chi connectivity index (χ4v) is 3.41. The first-order chi connectivity index (χ1) is 12.2. The molecule has 0 aliphatic heterocycles. The van der Waals surface area contributed by atoms with E-state index in [1.54, 1.807) is 19.2 Å². The van der Waals surface area contributed by atoms with Crippen LogP contribution >= 0.6 is 0 Å². The minimum absolute atomic E-state index is 0.0134. The number of nitrogen functional groups attached to an aromatic ring is 1. The molecule has 25 heavy (non-hydrogen) atoms. The molecule has 0 fully saturated rings. The van der Waals surface area contributed by atoms with Gasteiger partial charge in [-0.25, -0.2) is 9.97 Å². The number of rotatable bonds is 3. The summed E-state index contributed by atoms with van der Waals surface area (Å²) in [6, 6.07) is 13.6. The van der Waals surface area contributed by atoms with Gasteiger partial charge in [0, 0.05) is 5.39 Å². The van der Waals surface area contributed by atoms with Crippen molar-refractivity contribution in [2.24, 2.45) is 0 Å². The Kier molecular flexibility index (Phi) is 3.72. The highest BCUT2D eigenvalue weighted by atomic mass is 16.5. The van der Waals surface area contributed by atoms with Crippen LogP contribution in [0.4, 0.5) is 5.95 Å². The van der Waals surface area contributed by atoms with E-state index in [2.05, 4.69) is 27.4 Å². The van der Waals surface area contributed by atoms with Crippen LogP contribution in [0.2, 0.25) is 0 Å². The van der Waals surface area contributed by atoms with E-state index in [4.69, 9.17) is 10.5 Å². The Morgan fingerprint density at radius 2 is 2.04 bits per heavy atom. The number of fused-ring (bicyclic) bond motifs is 2. The van der Waals surface area contributed by atoms with Crippen molar-refractivity contribution < 1.29 is 9.53 Å². The van der Waals surface area contributed by atoms with E-state index in [1.165, 1.54) is 11.1 Å². The second kappa shape index (κ2) is 6.05. The fourth-order valence-electron chi connectivity index (χ4n) is 3.41. The third-order valence-electron chi connectivity index (χ3n) is 4.58. The minimum Gasteiger partial charge on any atom is -0.494 e. The lowest BCUT2D eigenvalue weighted by molar-refractivity contribution is 0.0933.